The van der Waals surface area contributed by atoms with Crippen LogP contribution in [0.4, 0.5) is 0 Å². The van der Waals surface area contributed by atoms with Crippen LogP contribution in [0, 0.1) is 23.7 Å². The van der Waals surface area contributed by atoms with E-state index in [2.05, 4.69) is 47.9 Å². The summed E-state index contributed by atoms with van der Waals surface area (Å²) < 4.78 is 4.90. The van der Waals surface area contributed by atoms with Crippen molar-refractivity contribution in [3.8, 4) is 0 Å². The van der Waals surface area contributed by atoms with Gasteiger partial charge in [0.15, 0.2) is 0 Å². The molecular weight excluding hydrogens is 1160 g/mol. The molecule has 1 saturated carbocycles. The maximum Gasteiger partial charge on any atom is 0.311 e. The fourth-order valence-corrected chi connectivity index (χ4v) is 10.1. The van der Waals surface area contributed by atoms with Gasteiger partial charge in [0, 0.05) is 19.4 Å². The van der Waals surface area contributed by atoms with Crippen LogP contribution in [-0.2, 0) is 86.3 Å². The van der Waals surface area contributed by atoms with Crippen LogP contribution in [0.2, 0.25) is 0 Å². The summed E-state index contributed by atoms with van der Waals surface area (Å²) in [5, 5.41) is 42.9. The third-order valence-electron chi connectivity index (χ3n) is 15.2. The number of amides is 11. The van der Waals surface area contributed by atoms with E-state index in [0.717, 1.165) is 19.6 Å². The Morgan fingerprint density at radius 2 is 1.09 bits per heavy atom. The quantitative estimate of drug-likeness (QED) is 0.0279. The number of likely N-dealkylation sites (tertiary alicyclic amines) is 1. The fraction of sp³-hybridized carbons (Fsp3) is 0.492. The first-order chi connectivity index (χ1) is 42.1. The summed E-state index contributed by atoms with van der Waals surface area (Å²) in [6, 6.07) is 12.9. The van der Waals surface area contributed by atoms with Gasteiger partial charge in [-0.3, -0.25) is 62.3 Å². The van der Waals surface area contributed by atoms with Gasteiger partial charge in [-0.25, -0.2) is 0 Å². The second-order valence-electron chi connectivity index (χ2n) is 22.9. The Morgan fingerprint density at radius 1 is 0.573 bits per heavy atom. The van der Waals surface area contributed by atoms with Crippen molar-refractivity contribution in [3.63, 3.8) is 0 Å². The highest BCUT2D eigenvalue weighted by atomic mass is 16.5. The van der Waals surface area contributed by atoms with Gasteiger partial charge in [-0.1, -0.05) is 119 Å². The van der Waals surface area contributed by atoms with Crippen LogP contribution in [0.15, 0.2) is 91.0 Å². The van der Waals surface area contributed by atoms with E-state index in [-0.39, 0.29) is 32.2 Å². The lowest BCUT2D eigenvalue weighted by molar-refractivity contribution is -0.144. The van der Waals surface area contributed by atoms with E-state index in [1.165, 1.54) is 25.7 Å². The fourth-order valence-electron chi connectivity index (χ4n) is 10.1. The summed E-state index contributed by atoms with van der Waals surface area (Å²) in [6.45, 7) is 8.24. The number of esters is 1. The largest absolute Gasteiger partial charge is 0.481 e. The van der Waals surface area contributed by atoms with E-state index in [1.54, 1.807) is 98.8 Å². The lowest BCUT2D eigenvalue weighted by Crippen LogP contribution is -2.62. The predicted octanol–water partition coefficient (Wildman–Crippen LogP) is -2.88. The molecule has 2 aliphatic rings. The van der Waals surface area contributed by atoms with Gasteiger partial charge in [0.2, 0.25) is 65.0 Å². The zero-order valence-electron chi connectivity index (χ0n) is 50.7. The number of carbonyl (C=O) groups is 13. The third-order valence-corrected chi connectivity index (χ3v) is 15.2. The van der Waals surface area contributed by atoms with Crippen molar-refractivity contribution < 1.29 is 77.3 Å². The van der Waals surface area contributed by atoms with Crippen LogP contribution in [0.25, 0.3) is 0 Å². The monoisotopic (exact) mass is 1240 g/mol. The number of methoxy groups -OCH3 is 1. The van der Waals surface area contributed by atoms with Crippen molar-refractivity contribution in [2.24, 2.45) is 35.1 Å². The van der Waals surface area contributed by atoms with Crippen molar-refractivity contribution in [2.45, 2.75) is 147 Å². The average molecular weight is 1240 g/mol. The lowest BCUT2D eigenvalue weighted by Gasteiger charge is -2.32. The number of nitrogens with two attached hydrogens (primary N) is 2. The summed E-state index contributed by atoms with van der Waals surface area (Å²) in [5.74, 6) is -15.8. The summed E-state index contributed by atoms with van der Waals surface area (Å²) in [5.41, 5.74) is 13.9. The van der Waals surface area contributed by atoms with Crippen LogP contribution in [-0.4, -0.2) is 179 Å². The van der Waals surface area contributed by atoms with Crippen molar-refractivity contribution in [3.05, 3.63) is 108 Å². The number of nitrogens with zero attached hydrogens (tertiary/aromatic N) is 1. The van der Waals surface area contributed by atoms with Crippen molar-refractivity contribution >= 4 is 76.9 Å². The summed E-state index contributed by atoms with van der Waals surface area (Å²) in [6.07, 6.45) is -2.02. The highest BCUT2D eigenvalue weighted by molar-refractivity contribution is 6.00. The van der Waals surface area contributed by atoms with Crippen molar-refractivity contribution in [2.75, 3.05) is 20.2 Å². The highest BCUT2D eigenvalue weighted by Crippen LogP contribution is 2.40. The van der Waals surface area contributed by atoms with E-state index in [9.17, 15) is 72.5 Å². The maximum absolute atomic E-state index is 14.0. The molecule has 13 atom stereocenters. The number of carboxylic acid groups (broad SMARTS) is 1. The maximum atomic E-state index is 14.0. The topological polar surface area (TPSA) is 435 Å². The molecule has 2 fully saturated rings. The van der Waals surface area contributed by atoms with E-state index < -0.39 is 180 Å². The number of hydrogen-bond acceptors (Lipinski definition) is 16. The first kappa shape index (κ1) is 70.5. The van der Waals surface area contributed by atoms with E-state index >= 15 is 0 Å². The second kappa shape index (κ2) is 33.2. The van der Waals surface area contributed by atoms with Gasteiger partial charge in [0.25, 0.3) is 0 Å². The molecule has 1 aliphatic carbocycles. The molecule has 0 unspecified atom stereocenters. The van der Waals surface area contributed by atoms with Gasteiger partial charge in [-0.15, -0.1) is 0 Å². The zero-order chi connectivity index (χ0) is 65.8. The number of hydrogen-bond donors (Lipinski definition) is 13. The minimum atomic E-state index is -1.91. The summed E-state index contributed by atoms with van der Waals surface area (Å²) in [7, 11) is 1.06. The Morgan fingerprint density at radius 3 is 1.61 bits per heavy atom. The number of carbonyl (C=O) groups excluding carboxylic acids is 12. The van der Waals surface area contributed by atoms with Crippen molar-refractivity contribution in [1.29, 1.82) is 0 Å². The van der Waals surface area contributed by atoms with Crippen LogP contribution in [0.1, 0.15) is 77.5 Å². The predicted molar refractivity (Wildman–Crippen MR) is 319 cm³/mol. The van der Waals surface area contributed by atoms with Crippen LogP contribution in [0.3, 0.4) is 0 Å². The summed E-state index contributed by atoms with van der Waals surface area (Å²) >= 11 is 0. The standard InChI is InChI=1S/C61H82N12O16/c1-31(2)47(70-55(82)41(29-44(76)77)68-59(86)49(34(6)74)72-56(83)42-24-17-25-73(42)60(87)48(32(3)4)71-53(80)38(62)26-35-18-11-8-12-19-35)58(85)64-30-43(75)69-50-45(46(50)61(88)89-7)57(84)67-40(28-37-22-15-10-16-23-37)54(81)65-33(5)52(79)66-39(51(63)78)27-36-20-13-9-14-21-36/h8-16,18-23,31-34,38-42,45-50,74H,17,24-30,62H2,1-7H3,(H2,63,78)(H,64,85)(H,65,81)(H,66,79)(H,67,84)(H,68,86)(H,69,75)(H,70,82)(H,71,80)(H,72,83)(H,76,77)/t33-,34+,38-,39-,40-,41-,42-,45-,46-,47-,48-,49-,50-/m0/s1. The molecule has 0 radical (unpaired) electrons. The minimum Gasteiger partial charge on any atom is -0.481 e. The van der Waals surface area contributed by atoms with Gasteiger partial charge in [-0.05, 0) is 61.6 Å². The van der Waals surface area contributed by atoms with Gasteiger partial charge in [0.1, 0.15) is 48.3 Å². The van der Waals surface area contributed by atoms with Crippen LogP contribution >= 0.6 is 0 Å². The number of rotatable bonds is 32. The van der Waals surface area contributed by atoms with Gasteiger partial charge in [-0.2, -0.15) is 0 Å². The normalized spacial score (nSPS) is 18.9. The molecule has 0 bridgehead atoms. The molecule has 1 saturated heterocycles. The molecule has 1 aliphatic heterocycles. The number of nitrogens with one attached hydrogen (secondary N) is 9. The zero-order valence-corrected chi connectivity index (χ0v) is 50.7. The Labute approximate surface area is 514 Å². The molecular formula is C61H82N12O16. The molecule has 3 aromatic rings. The van der Waals surface area contributed by atoms with Crippen molar-refractivity contribution in [1.82, 2.24) is 52.8 Å². The number of aliphatic carboxylic acids is 1. The second-order valence-corrected chi connectivity index (χ2v) is 22.9. The van der Waals surface area contributed by atoms with Gasteiger partial charge in [0.05, 0.1) is 50.1 Å². The Kier molecular flexibility index (Phi) is 26.2. The van der Waals surface area contributed by atoms with Crippen LogP contribution < -0.4 is 59.3 Å². The highest BCUT2D eigenvalue weighted by Gasteiger charge is 2.61. The third kappa shape index (κ3) is 20.7. The Hall–Kier alpha value is -9.31. The number of primary amides is 1. The summed E-state index contributed by atoms with van der Waals surface area (Å²) in [4.78, 5) is 176. The van der Waals surface area contributed by atoms with Crippen LogP contribution in [0.5, 0.6) is 0 Å². The Bertz CT molecular complexity index is 3030. The smallest absolute Gasteiger partial charge is 0.311 e. The number of ether oxygens (including phenoxy) is 1. The lowest BCUT2D eigenvalue weighted by atomic mass is 10.00. The number of aliphatic hydroxyl groups is 1. The number of carboxylic acids is 1. The number of benzene rings is 3. The minimum absolute atomic E-state index is 0.0746. The Balaban J connectivity index is 1.19. The molecule has 28 heteroatoms. The number of aliphatic hydroxyl groups excluding tert-OH is 1. The molecule has 11 amide bonds. The molecule has 28 nitrogen and oxygen atoms in total. The van der Waals surface area contributed by atoms with E-state index in [0.29, 0.717) is 17.5 Å². The van der Waals surface area contributed by atoms with E-state index in [1.807, 2.05) is 6.07 Å². The molecule has 3 aromatic carbocycles. The first-order valence-corrected chi connectivity index (χ1v) is 29.3. The molecule has 15 N–H and O–H groups in total. The SMILES string of the molecule is COC(=O)[C@@H]1[C@@H](NC(=O)CNC(=O)[C@@H](NC(=O)[C@H](CC(=O)O)NC(=O)[C@@H](NC(=O)[C@@H]2CCCN2C(=O)[C@@H](NC(=O)[C@@H](N)Cc2ccccc2)C(C)C)[C@@H](C)O)C(C)C)[C@H]1C(=O)N[C@@H](Cc1ccccc1)C(=O)N[C@@H](C)C(=O)N[C@@H](Cc1ccccc1)C(N)=O. The van der Waals surface area contributed by atoms with E-state index in [4.69, 9.17) is 16.2 Å². The van der Waals surface area contributed by atoms with Gasteiger partial charge < -0.3 is 79.2 Å². The molecule has 1 heterocycles. The molecule has 0 aromatic heterocycles. The first-order valence-electron chi connectivity index (χ1n) is 29.3. The molecule has 482 valence electrons. The van der Waals surface area contributed by atoms with Gasteiger partial charge >= 0.3 is 11.9 Å². The average Bonchev–Trinajstić information content (AvgIpc) is 1.63. The molecule has 5 rings (SSSR count). The molecule has 89 heavy (non-hydrogen) atoms. The molecule has 0 spiro atoms.